The van der Waals surface area contributed by atoms with Crippen LogP contribution in [0.5, 0.6) is 0 Å². The summed E-state index contributed by atoms with van der Waals surface area (Å²) in [6.45, 7) is 4.97. The average Bonchev–Trinajstić information content (AvgIpc) is 4.15. The summed E-state index contributed by atoms with van der Waals surface area (Å²) in [4.78, 5) is 0. The van der Waals surface area contributed by atoms with E-state index in [9.17, 15) is 0 Å². The second-order valence-electron chi connectivity index (χ2n) is 19.0. The molecule has 68 heavy (non-hydrogen) atoms. The Morgan fingerprint density at radius 3 is 1.12 bits per heavy atom. The van der Waals surface area contributed by atoms with E-state index in [1.54, 1.807) is 0 Å². The molecule has 0 aliphatic heterocycles. The smallest absolute Gasteiger partial charge is 0.135 e. The highest BCUT2D eigenvalue weighted by Gasteiger charge is 2.51. The Bertz CT molecular complexity index is 4130. The van der Waals surface area contributed by atoms with Crippen molar-refractivity contribution >= 4 is 87.5 Å². The van der Waals surface area contributed by atoms with Crippen molar-refractivity contribution in [3.8, 4) is 11.4 Å². The number of nitrogens with zero attached hydrogens (tertiary/aromatic N) is 2. The maximum atomic E-state index is 6.41. The molecule has 0 bridgehead atoms. The molecule has 4 aromatic heterocycles. The van der Waals surface area contributed by atoms with Gasteiger partial charge in [-0.3, -0.25) is 0 Å². The van der Waals surface area contributed by atoms with Crippen molar-refractivity contribution in [2.75, 3.05) is 0 Å². The number of hydrogen-bond acceptors (Lipinski definition) is 2. The first-order valence-corrected chi connectivity index (χ1v) is 23.6. The van der Waals surface area contributed by atoms with Gasteiger partial charge in [0, 0.05) is 65.3 Å². The molecule has 0 saturated heterocycles. The van der Waals surface area contributed by atoms with Gasteiger partial charge in [-0.2, -0.15) is 0 Å². The molecule has 0 spiro atoms. The maximum Gasteiger partial charge on any atom is 0.135 e. The molecule has 1 aliphatic rings. The lowest BCUT2D eigenvalue weighted by Crippen LogP contribution is -2.42. The zero-order valence-electron chi connectivity index (χ0n) is 37.5. The highest BCUT2D eigenvalue weighted by atomic mass is 16.3. The molecule has 0 N–H and O–H groups in total. The van der Waals surface area contributed by atoms with E-state index in [1.807, 2.05) is 12.1 Å². The predicted octanol–water partition coefficient (Wildman–Crippen LogP) is 16.7. The minimum absolute atomic E-state index is 0.627. The van der Waals surface area contributed by atoms with Crippen molar-refractivity contribution < 1.29 is 8.83 Å². The van der Waals surface area contributed by atoms with Crippen LogP contribution in [0, 0.1) is 0 Å². The minimum Gasteiger partial charge on any atom is -0.456 e. The fourth-order valence-corrected chi connectivity index (χ4v) is 12.6. The van der Waals surface area contributed by atoms with Crippen molar-refractivity contribution in [2.45, 2.75) is 24.7 Å². The van der Waals surface area contributed by atoms with Gasteiger partial charge in [-0.05, 0) is 108 Å². The summed E-state index contributed by atoms with van der Waals surface area (Å²) in [5.74, 6) is 0. The Hall–Kier alpha value is -8.60. The summed E-state index contributed by atoms with van der Waals surface area (Å²) in [6, 6.07) is 80.3. The Kier molecular flexibility index (Phi) is 7.46. The molecular weight excluding hydrogens is 829 g/mol. The number of benzene rings is 10. The Morgan fingerprint density at radius 2 is 0.676 bits per heavy atom. The SMILES string of the molecule is CC1(c2ccccc2)c2ccc3c4ccccc4n(-c4ccc5oc6ccccc6c5c4)c3c2C(C)(c2ccccc2)c2ccc3c4ccccc4n(-c4ccc5oc6ccccc6c5c4)c3c21. The summed E-state index contributed by atoms with van der Waals surface area (Å²) in [7, 11) is 0. The quantitative estimate of drug-likeness (QED) is 0.177. The Morgan fingerprint density at radius 1 is 0.309 bits per heavy atom. The highest BCUT2D eigenvalue weighted by molar-refractivity contribution is 6.15. The van der Waals surface area contributed by atoms with E-state index in [4.69, 9.17) is 8.83 Å². The number of aromatic nitrogens is 2. The van der Waals surface area contributed by atoms with Crippen molar-refractivity contribution in [2.24, 2.45) is 0 Å². The van der Waals surface area contributed by atoms with Crippen molar-refractivity contribution in [3.63, 3.8) is 0 Å². The number of hydrogen-bond donors (Lipinski definition) is 0. The first kappa shape index (κ1) is 37.6. The number of furan rings is 2. The van der Waals surface area contributed by atoms with Crippen LogP contribution in [0.2, 0.25) is 0 Å². The standard InChI is InChI=1S/C64H42N2O2/c1-63(39-17-5-3-6-18-39)51-33-31-48-44-22-10-14-26-54(44)66(42-30-36-58-50(38-42)46-24-12-16-28-56(46)68-58)62(48)60(51)64(2,40-19-7-4-8-20-40)52-34-32-47-43-21-9-13-25-53(43)65(61(47)59(52)63)41-29-35-57-49(37-41)45-23-11-15-27-55(45)67-57/h3-38H,1-2H3. The van der Waals surface area contributed by atoms with Crippen molar-refractivity contribution in [1.82, 2.24) is 9.13 Å². The summed E-state index contributed by atoms with van der Waals surface area (Å²) in [6.07, 6.45) is 0. The van der Waals surface area contributed by atoms with E-state index >= 15 is 0 Å². The molecule has 4 heterocycles. The highest BCUT2D eigenvalue weighted by Crippen LogP contribution is 2.60. The van der Waals surface area contributed by atoms with Crippen molar-refractivity contribution in [1.29, 1.82) is 0 Å². The fourth-order valence-electron chi connectivity index (χ4n) is 12.6. The molecule has 2 unspecified atom stereocenters. The van der Waals surface area contributed by atoms with Crippen molar-refractivity contribution in [3.05, 3.63) is 252 Å². The average molecular weight is 871 g/mol. The molecule has 0 amide bonds. The van der Waals surface area contributed by atoms with E-state index in [-0.39, 0.29) is 0 Å². The monoisotopic (exact) mass is 870 g/mol. The van der Waals surface area contributed by atoms with Gasteiger partial charge >= 0.3 is 0 Å². The van der Waals surface area contributed by atoms with Gasteiger partial charge in [-0.25, -0.2) is 0 Å². The third-order valence-corrected chi connectivity index (χ3v) is 15.7. The first-order valence-electron chi connectivity index (χ1n) is 23.6. The molecule has 320 valence electrons. The molecule has 0 radical (unpaired) electrons. The van der Waals surface area contributed by atoms with E-state index in [2.05, 4.69) is 229 Å². The Labute approximate surface area is 391 Å². The van der Waals surface area contributed by atoms with Crippen LogP contribution in [0.1, 0.15) is 47.2 Å². The lowest BCUT2D eigenvalue weighted by molar-refractivity contribution is 0.574. The molecule has 10 aromatic carbocycles. The van der Waals surface area contributed by atoms with E-state index in [0.717, 1.165) is 55.3 Å². The van der Waals surface area contributed by atoms with E-state index in [1.165, 1.54) is 77.0 Å². The van der Waals surface area contributed by atoms with Crippen LogP contribution in [0.3, 0.4) is 0 Å². The largest absolute Gasteiger partial charge is 0.456 e. The molecule has 4 nitrogen and oxygen atoms in total. The zero-order chi connectivity index (χ0) is 44.9. The normalized spacial score (nSPS) is 17.1. The van der Waals surface area contributed by atoms with E-state index < -0.39 is 10.8 Å². The molecule has 4 heteroatoms. The lowest BCUT2D eigenvalue weighted by Gasteiger charge is -2.48. The fraction of sp³-hybridized carbons (Fsp3) is 0.0625. The minimum atomic E-state index is -0.627. The van der Waals surface area contributed by atoms with Crippen LogP contribution < -0.4 is 0 Å². The van der Waals surface area contributed by atoms with Crippen LogP contribution >= 0.6 is 0 Å². The number of rotatable bonds is 4. The lowest BCUT2D eigenvalue weighted by atomic mass is 9.54. The number of para-hydroxylation sites is 4. The van der Waals surface area contributed by atoms with Crippen LogP contribution in [0.25, 0.3) is 98.9 Å². The summed E-state index contributed by atoms with van der Waals surface area (Å²) in [5.41, 5.74) is 17.0. The van der Waals surface area contributed by atoms with Gasteiger partial charge in [0.15, 0.2) is 0 Å². The predicted molar refractivity (Wildman–Crippen MR) is 280 cm³/mol. The van der Waals surface area contributed by atoms with Crippen LogP contribution in [-0.2, 0) is 10.8 Å². The van der Waals surface area contributed by atoms with Gasteiger partial charge in [0.05, 0.1) is 22.1 Å². The summed E-state index contributed by atoms with van der Waals surface area (Å²) in [5, 5.41) is 9.36. The van der Waals surface area contributed by atoms with Gasteiger partial charge in [-0.1, -0.05) is 158 Å². The molecule has 15 rings (SSSR count). The maximum absolute atomic E-state index is 6.41. The molecular formula is C64H42N2O2. The van der Waals surface area contributed by atoms with Gasteiger partial charge in [0.1, 0.15) is 22.3 Å². The topological polar surface area (TPSA) is 36.1 Å². The first-order chi connectivity index (χ1) is 33.5. The van der Waals surface area contributed by atoms with E-state index in [0.29, 0.717) is 0 Å². The molecule has 0 fully saturated rings. The molecule has 0 saturated carbocycles. The van der Waals surface area contributed by atoms with Gasteiger partial charge < -0.3 is 18.0 Å². The summed E-state index contributed by atoms with van der Waals surface area (Å²) < 4.78 is 17.9. The second-order valence-corrected chi connectivity index (χ2v) is 19.0. The van der Waals surface area contributed by atoms with Gasteiger partial charge in [0.25, 0.3) is 0 Å². The van der Waals surface area contributed by atoms with Crippen LogP contribution in [0.4, 0.5) is 0 Å². The molecule has 1 aliphatic carbocycles. The Balaban J connectivity index is 1.14. The third-order valence-electron chi connectivity index (χ3n) is 15.7. The van der Waals surface area contributed by atoms with Gasteiger partial charge in [-0.15, -0.1) is 0 Å². The number of fused-ring (bicyclic) bond motifs is 16. The molecule has 14 aromatic rings. The summed E-state index contributed by atoms with van der Waals surface area (Å²) >= 11 is 0. The van der Waals surface area contributed by atoms with Crippen LogP contribution in [-0.4, -0.2) is 9.13 Å². The second kappa shape index (κ2) is 13.5. The van der Waals surface area contributed by atoms with Crippen LogP contribution in [0.15, 0.2) is 227 Å². The zero-order valence-corrected chi connectivity index (χ0v) is 37.5. The third kappa shape index (κ3) is 4.78. The molecule has 2 atom stereocenters. The van der Waals surface area contributed by atoms with Gasteiger partial charge in [0.2, 0.25) is 0 Å².